The lowest BCUT2D eigenvalue weighted by Gasteiger charge is -2.11. The Hall–Kier alpha value is -2.26. The second-order valence-electron chi connectivity index (χ2n) is 3.76. The van der Waals surface area contributed by atoms with Crippen molar-refractivity contribution in [1.29, 1.82) is 0 Å². The van der Waals surface area contributed by atoms with E-state index in [9.17, 15) is 35.9 Å². The third-order valence-corrected chi connectivity index (χ3v) is 1.91. The van der Waals surface area contributed by atoms with E-state index in [0.717, 1.165) is 12.1 Å². The van der Waals surface area contributed by atoms with Crippen molar-refractivity contribution in [2.24, 2.45) is 0 Å². The maximum atomic E-state index is 12.0. The van der Waals surface area contributed by atoms with Crippen LogP contribution in [0, 0.1) is 6.92 Å². The molecular formula is C11H6F6O4. The molecule has 0 aromatic heterocycles. The highest BCUT2D eigenvalue weighted by Crippen LogP contribution is 2.27. The molecule has 4 nitrogen and oxygen atoms in total. The number of benzene rings is 1. The molecule has 0 saturated carbocycles. The molecule has 0 aliphatic rings. The lowest BCUT2D eigenvalue weighted by Crippen LogP contribution is -2.28. The van der Waals surface area contributed by atoms with E-state index >= 15 is 0 Å². The highest BCUT2D eigenvalue weighted by atomic mass is 19.4. The molecule has 1 aromatic carbocycles. The topological polar surface area (TPSA) is 52.6 Å². The van der Waals surface area contributed by atoms with Gasteiger partial charge in [-0.1, -0.05) is 0 Å². The van der Waals surface area contributed by atoms with Gasteiger partial charge in [-0.05, 0) is 24.6 Å². The summed E-state index contributed by atoms with van der Waals surface area (Å²) in [5, 5.41) is 0. The first-order chi connectivity index (χ1) is 9.39. The fourth-order valence-corrected chi connectivity index (χ4v) is 1.16. The van der Waals surface area contributed by atoms with Gasteiger partial charge in [0.05, 0.1) is 0 Å². The summed E-state index contributed by atoms with van der Waals surface area (Å²) in [5.41, 5.74) is 0.118. The highest BCUT2D eigenvalue weighted by Gasteiger charge is 2.42. The van der Waals surface area contributed by atoms with Gasteiger partial charge in [-0.25, -0.2) is 9.59 Å². The van der Waals surface area contributed by atoms with Crippen LogP contribution in [0.5, 0.6) is 11.5 Å². The SMILES string of the molecule is Cc1cc(OC(=O)C(F)(F)F)cc(OC(=O)C(F)(F)F)c1. The third kappa shape index (κ3) is 4.97. The third-order valence-electron chi connectivity index (χ3n) is 1.91. The van der Waals surface area contributed by atoms with Crippen molar-refractivity contribution in [2.45, 2.75) is 19.3 Å². The van der Waals surface area contributed by atoms with Gasteiger partial charge in [0.2, 0.25) is 0 Å². The largest absolute Gasteiger partial charge is 0.491 e. The lowest BCUT2D eigenvalue weighted by molar-refractivity contribution is -0.190. The number of rotatable bonds is 2. The van der Waals surface area contributed by atoms with E-state index in [0.29, 0.717) is 6.07 Å². The summed E-state index contributed by atoms with van der Waals surface area (Å²) in [6.07, 6.45) is -10.5. The second-order valence-corrected chi connectivity index (χ2v) is 3.76. The molecule has 0 radical (unpaired) electrons. The molecular weight excluding hydrogens is 310 g/mol. The Bertz CT molecular complexity index is 515. The smallest absolute Gasteiger partial charge is 0.420 e. The van der Waals surface area contributed by atoms with Crippen LogP contribution in [0.1, 0.15) is 5.56 Å². The lowest BCUT2D eigenvalue weighted by atomic mass is 10.2. The van der Waals surface area contributed by atoms with Gasteiger partial charge in [0.25, 0.3) is 0 Å². The number of carbonyl (C=O) groups excluding carboxylic acids is 2. The van der Waals surface area contributed by atoms with Crippen molar-refractivity contribution >= 4 is 11.9 Å². The molecule has 0 aliphatic carbocycles. The van der Waals surface area contributed by atoms with Gasteiger partial charge in [0, 0.05) is 6.07 Å². The summed E-state index contributed by atoms with van der Waals surface area (Å²) in [5.74, 6) is -6.52. The van der Waals surface area contributed by atoms with Crippen LogP contribution in [0.25, 0.3) is 0 Å². The molecule has 0 fully saturated rings. The normalized spacial score (nSPS) is 12.0. The van der Waals surface area contributed by atoms with E-state index in [-0.39, 0.29) is 5.56 Å². The van der Waals surface area contributed by atoms with Crippen LogP contribution in [-0.2, 0) is 9.59 Å². The molecule has 0 spiro atoms. The number of ether oxygens (including phenoxy) is 2. The van der Waals surface area contributed by atoms with Crippen molar-refractivity contribution in [3.8, 4) is 11.5 Å². The second kappa shape index (κ2) is 5.62. The molecule has 0 N–H and O–H groups in total. The fraction of sp³-hybridized carbons (Fsp3) is 0.273. The Labute approximate surface area is 113 Å². The Morgan fingerprint density at radius 2 is 1.14 bits per heavy atom. The Balaban J connectivity index is 2.96. The van der Waals surface area contributed by atoms with Crippen LogP contribution in [0.4, 0.5) is 26.3 Å². The number of hydrogen-bond acceptors (Lipinski definition) is 4. The molecule has 0 atom stereocenters. The van der Waals surface area contributed by atoms with Crippen molar-refractivity contribution in [2.75, 3.05) is 0 Å². The summed E-state index contributed by atoms with van der Waals surface area (Å²) >= 11 is 0. The number of carbonyl (C=O) groups is 2. The number of esters is 2. The van der Waals surface area contributed by atoms with Gasteiger partial charge in [-0.15, -0.1) is 0 Å². The standard InChI is InChI=1S/C11H6F6O4/c1-5-2-6(20-8(18)10(12,13)14)4-7(3-5)21-9(19)11(15,16)17/h2-4H,1H3. The Morgan fingerprint density at radius 1 is 0.810 bits per heavy atom. The fourth-order valence-electron chi connectivity index (χ4n) is 1.16. The van der Waals surface area contributed by atoms with E-state index in [2.05, 4.69) is 9.47 Å². The van der Waals surface area contributed by atoms with E-state index < -0.39 is 35.8 Å². The minimum atomic E-state index is -5.27. The van der Waals surface area contributed by atoms with Crippen LogP contribution in [0.3, 0.4) is 0 Å². The maximum Gasteiger partial charge on any atom is 0.491 e. The molecule has 0 saturated heterocycles. The van der Waals surface area contributed by atoms with Crippen molar-refractivity contribution in [3.05, 3.63) is 23.8 Å². The van der Waals surface area contributed by atoms with Crippen LogP contribution >= 0.6 is 0 Å². The summed E-state index contributed by atoms with van der Waals surface area (Å²) in [7, 11) is 0. The number of hydrogen-bond donors (Lipinski definition) is 0. The van der Waals surface area contributed by atoms with Gasteiger partial charge >= 0.3 is 24.3 Å². The highest BCUT2D eigenvalue weighted by molar-refractivity contribution is 5.79. The van der Waals surface area contributed by atoms with Crippen molar-refractivity contribution < 1.29 is 45.4 Å². The van der Waals surface area contributed by atoms with E-state index in [1.807, 2.05) is 0 Å². The van der Waals surface area contributed by atoms with Gasteiger partial charge in [-0.3, -0.25) is 0 Å². The van der Waals surface area contributed by atoms with Crippen LogP contribution in [0.15, 0.2) is 18.2 Å². The first kappa shape index (κ1) is 16.8. The minimum Gasteiger partial charge on any atom is -0.420 e. The summed E-state index contributed by atoms with van der Waals surface area (Å²) in [6, 6.07) is 2.46. The van der Waals surface area contributed by atoms with E-state index in [1.54, 1.807) is 0 Å². The molecule has 1 rings (SSSR count). The molecule has 0 heterocycles. The minimum absolute atomic E-state index is 0.118. The molecule has 0 bridgehead atoms. The zero-order valence-corrected chi connectivity index (χ0v) is 10.1. The van der Waals surface area contributed by atoms with Gasteiger partial charge in [0.15, 0.2) is 0 Å². The van der Waals surface area contributed by atoms with Crippen molar-refractivity contribution in [3.63, 3.8) is 0 Å². The van der Waals surface area contributed by atoms with Crippen molar-refractivity contribution in [1.82, 2.24) is 0 Å². The predicted molar refractivity (Wildman–Crippen MR) is 54.6 cm³/mol. The monoisotopic (exact) mass is 316 g/mol. The summed E-state index contributed by atoms with van der Waals surface area (Å²) < 4.78 is 79.8. The molecule has 116 valence electrons. The zero-order valence-electron chi connectivity index (χ0n) is 10.1. The molecule has 0 amide bonds. The van der Waals surface area contributed by atoms with Gasteiger partial charge in [0.1, 0.15) is 11.5 Å². The van der Waals surface area contributed by atoms with Gasteiger partial charge in [-0.2, -0.15) is 26.3 Å². The van der Waals surface area contributed by atoms with Crippen LogP contribution < -0.4 is 9.47 Å². The van der Waals surface area contributed by atoms with Crippen LogP contribution in [-0.4, -0.2) is 24.3 Å². The first-order valence-corrected chi connectivity index (χ1v) is 5.09. The number of alkyl halides is 6. The maximum absolute atomic E-state index is 12.0. The molecule has 0 unspecified atom stereocenters. The van der Waals surface area contributed by atoms with E-state index in [4.69, 9.17) is 0 Å². The average Bonchev–Trinajstić information content (AvgIpc) is 2.25. The molecule has 1 aromatic rings. The molecule has 0 aliphatic heterocycles. The summed E-state index contributed by atoms with van der Waals surface area (Å²) in [6.45, 7) is 1.29. The molecule has 10 heteroatoms. The predicted octanol–water partition coefficient (Wildman–Crippen LogP) is 2.93. The number of aryl methyl sites for hydroxylation is 1. The van der Waals surface area contributed by atoms with Gasteiger partial charge < -0.3 is 9.47 Å². The quantitative estimate of drug-likeness (QED) is 0.478. The van der Waals surface area contributed by atoms with Crippen LogP contribution in [0.2, 0.25) is 0 Å². The molecule has 21 heavy (non-hydrogen) atoms. The first-order valence-electron chi connectivity index (χ1n) is 5.09. The average molecular weight is 316 g/mol. The Kier molecular flexibility index (Phi) is 4.49. The Morgan fingerprint density at radius 3 is 1.43 bits per heavy atom. The van der Waals surface area contributed by atoms with E-state index in [1.165, 1.54) is 6.92 Å². The zero-order chi connectivity index (χ0) is 16.4. The summed E-state index contributed by atoms with van der Waals surface area (Å²) in [4.78, 5) is 21.2. The number of halogens is 6.